The first-order chi connectivity index (χ1) is 11.6. The third kappa shape index (κ3) is 4.77. The first-order valence-electron chi connectivity index (χ1n) is 7.09. The second kappa shape index (κ2) is 8.61. The van der Waals surface area contributed by atoms with Gasteiger partial charge in [-0.15, -0.1) is 6.42 Å². The van der Waals surface area contributed by atoms with E-state index in [4.69, 9.17) is 22.8 Å². The highest BCUT2D eigenvalue weighted by Gasteiger charge is 2.13. The molecule has 0 saturated heterocycles. The number of terminal acetylenes is 1. The highest BCUT2D eigenvalue weighted by molar-refractivity contribution is 6.32. The van der Waals surface area contributed by atoms with Gasteiger partial charge in [0.1, 0.15) is 5.75 Å². The van der Waals surface area contributed by atoms with Crippen LogP contribution in [0.2, 0.25) is 5.02 Å². The van der Waals surface area contributed by atoms with Crippen LogP contribution in [-0.4, -0.2) is 25.0 Å². The molecule has 122 valence electrons. The van der Waals surface area contributed by atoms with Crippen LogP contribution in [0.3, 0.4) is 0 Å². The lowest BCUT2D eigenvalue weighted by molar-refractivity contribution is -0.118. The van der Waals surface area contributed by atoms with Crippen LogP contribution in [0.25, 0.3) is 0 Å². The molecule has 0 saturated carbocycles. The quantitative estimate of drug-likeness (QED) is 0.793. The minimum atomic E-state index is -0.410. The summed E-state index contributed by atoms with van der Waals surface area (Å²) in [7, 11) is 0. The molecule has 0 bridgehead atoms. The van der Waals surface area contributed by atoms with Crippen molar-refractivity contribution in [3.63, 3.8) is 0 Å². The number of halogens is 1. The van der Waals surface area contributed by atoms with Crippen molar-refractivity contribution in [2.24, 2.45) is 0 Å². The van der Waals surface area contributed by atoms with E-state index in [9.17, 15) is 9.59 Å². The molecule has 0 spiro atoms. The van der Waals surface area contributed by atoms with Crippen molar-refractivity contribution in [2.45, 2.75) is 0 Å². The number of nitrogens with one attached hydrogen (secondary N) is 2. The largest absolute Gasteiger partial charge is 0.482 e. The van der Waals surface area contributed by atoms with E-state index in [2.05, 4.69) is 16.6 Å². The molecule has 0 fully saturated rings. The smallest absolute Gasteiger partial charge is 0.262 e. The average molecular weight is 343 g/mol. The van der Waals surface area contributed by atoms with E-state index in [1.165, 1.54) is 0 Å². The molecule has 2 amide bonds. The van der Waals surface area contributed by atoms with Gasteiger partial charge in [-0.2, -0.15) is 0 Å². The number of benzene rings is 2. The van der Waals surface area contributed by atoms with E-state index in [0.29, 0.717) is 22.0 Å². The third-order valence-electron chi connectivity index (χ3n) is 2.99. The normalized spacial score (nSPS) is 9.67. The lowest BCUT2D eigenvalue weighted by Gasteiger charge is -2.11. The van der Waals surface area contributed by atoms with E-state index in [1.54, 1.807) is 48.5 Å². The van der Waals surface area contributed by atoms with E-state index >= 15 is 0 Å². The van der Waals surface area contributed by atoms with Gasteiger partial charge in [0.25, 0.3) is 11.8 Å². The first kappa shape index (κ1) is 17.4. The van der Waals surface area contributed by atoms with Crippen LogP contribution >= 0.6 is 11.6 Å². The van der Waals surface area contributed by atoms with Gasteiger partial charge < -0.3 is 15.4 Å². The molecule has 0 unspecified atom stereocenters. The number of hydrogen-bond acceptors (Lipinski definition) is 3. The maximum atomic E-state index is 12.0. The van der Waals surface area contributed by atoms with Gasteiger partial charge in [0.15, 0.2) is 6.61 Å². The molecular weight excluding hydrogens is 328 g/mol. The molecule has 2 rings (SSSR count). The number of rotatable bonds is 6. The molecule has 24 heavy (non-hydrogen) atoms. The van der Waals surface area contributed by atoms with E-state index < -0.39 is 5.91 Å². The molecule has 0 aliphatic carbocycles. The summed E-state index contributed by atoms with van der Waals surface area (Å²) in [6.45, 7) is -0.124. The Balaban J connectivity index is 2.00. The Kier molecular flexibility index (Phi) is 6.23. The highest BCUT2D eigenvalue weighted by Crippen LogP contribution is 2.23. The molecule has 6 heteroatoms. The maximum Gasteiger partial charge on any atom is 0.262 e. The van der Waals surface area contributed by atoms with Crippen LogP contribution in [0.15, 0.2) is 48.5 Å². The predicted octanol–water partition coefficient (Wildman–Crippen LogP) is 2.72. The number of ether oxygens (including phenoxy) is 1. The standard InChI is InChI=1S/C18H15ClN2O3/c1-2-11-20-18(23)13-7-3-5-9-15(13)21-17(22)12-24-16-10-6-4-8-14(16)19/h1,3-10H,11-12H2,(H,20,23)(H,21,22). The molecule has 2 aromatic rings. The SMILES string of the molecule is C#CCNC(=O)c1ccccc1NC(=O)COc1ccccc1Cl. The number of para-hydroxylation sites is 2. The van der Waals surface area contributed by atoms with Gasteiger partial charge in [-0.1, -0.05) is 41.8 Å². The number of anilines is 1. The van der Waals surface area contributed by atoms with Crippen LogP contribution < -0.4 is 15.4 Å². The summed E-state index contributed by atoms with van der Waals surface area (Å²) in [5.74, 6) is 1.96. The minimum Gasteiger partial charge on any atom is -0.482 e. The molecule has 0 aromatic heterocycles. The van der Waals surface area contributed by atoms with Gasteiger partial charge in [-0.25, -0.2) is 0 Å². The van der Waals surface area contributed by atoms with Crippen LogP contribution in [0.5, 0.6) is 5.75 Å². The summed E-state index contributed by atoms with van der Waals surface area (Å²) in [5.41, 5.74) is 0.693. The van der Waals surface area contributed by atoms with Crippen molar-refractivity contribution in [3.8, 4) is 18.1 Å². The molecule has 0 radical (unpaired) electrons. The van der Waals surface area contributed by atoms with Gasteiger partial charge in [-0.3, -0.25) is 9.59 Å². The Morgan fingerprint density at radius 3 is 2.58 bits per heavy atom. The van der Waals surface area contributed by atoms with Crippen molar-refractivity contribution in [3.05, 3.63) is 59.1 Å². The molecule has 2 aromatic carbocycles. The summed E-state index contributed by atoms with van der Waals surface area (Å²) < 4.78 is 5.36. The van der Waals surface area contributed by atoms with Crippen molar-refractivity contribution < 1.29 is 14.3 Å². The average Bonchev–Trinajstić information content (AvgIpc) is 2.59. The molecule has 5 nitrogen and oxygen atoms in total. The van der Waals surface area contributed by atoms with Gasteiger partial charge in [-0.05, 0) is 24.3 Å². The Morgan fingerprint density at radius 2 is 1.83 bits per heavy atom. The highest BCUT2D eigenvalue weighted by atomic mass is 35.5. The van der Waals surface area contributed by atoms with Crippen LogP contribution in [-0.2, 0) is 4.79 Å². The second-order valence-corrected chi connectivity index (χ2v) is 5.11. The minimum absolute atomic E-state index is 0.108. The number of carbonyl (C=O) groups excluding carboxylic acids is 2. The topological polar surface area (TPSA) is 67.4 Å². The lowest BCUT2D eigenvalue weighted by Crippen LogP contribution is -2.26. The molecule has 0 aliphatic rings. The zero-order chi connectivity index (χ0) is 17.4. The van der Waals surface area contributed by atoms with Gasteiger partial charge in [0.05, 0.1) is 22.8 Å². The van der Waals surface area contributed by atoms with Crippen molar-refractivity contribution >= 4 is 29.1 Å². The van der Waals surface area contributed by atoms with Gasteiger partial charge >= 0.3 is 0 Å². The number of hydrogen-bond donors (Lipinski definition) is 2. The maximum absolute atomic E-state index is 12.0. The monoisotopic (exact) mass is 342 g/mol. The fourth-order valence-corrected chi connectivity index (χ4v) is 2.10. The molecule has 0 heterocycles. The van der Waals surface area contributed by atoms with Gasteiger partial charge in [0.2, 0.25) is 0 Å². The fraction of sp³-hybridized carbons (Fsp3) is 0.111. The summed E-state index contributed by atoms with van der Waals surface area (Å²) >= 11 is 5.96. The van der Waals surface area contributed by atoms with Crippen LogP contribution in [0.1, 0.15) is 10.4 Å². The Hall–Kier alpha value is -2.97. The summed E-state index contributed by atoms with van der Waals surface area (Å²) in [6, 6.07) is 13.5. The molecular formula is C18H15ClN2O3. The Labute approximate surface area is 145 Å². The Morgan fingerprint density at radius 1 is 1.12 bits per heavy atom. The fourth-order valence-electron chi connectivity index (χ4n) is 1.91. The second-order valence-electron chi connectivity index (χ2n) is 4.70. The predicted molar refractivity (Wildman–Crippen MR) is 93.2 cm³/mol. The van der Waals surface area contributed by atoms with Crippen molar-refractivity contribution in [2.75, 3.05) is 18.5 Å². The zero-order valence-electron chi connectivity index (χ0n) is 12.7. The Bertz CT molecular complexity index is 784. The molecule has 2 N–H and O–H groups in total. The first-order valence-corrected chi connectivity index (χ1v) is 7.47. The number of carbonyl (C=O) groups is 2. The summed E-state index contributed by atoms with van der Waals surface area (Å²) in [5, 5.41) is 5.61. The van der Waals surface area contributed by atoms with Crippen LogP contribution in [0, 0.1) is 12.3 Å². The lowest BCUT2D eigenvalue weighted by atomic mass is 10.1. The van der Waals surface area contributed by atoms with E-state index in [1.807, 2.05) is 0 Å². The zero-order valence-corrected chi connectivity index (χ0v) is 13.5. The van der Waals surface area contributed by atoms with Gasteiger partial charge in [0, 0.05) is 0 Å². The molecule has 0 aliphatic heterocycles. The van der Waals surface area contributed by atoms with Crippen LogP contribution in [0.4, 0.5) is 5.69 Å². The molecule has 0 atom stereocenters. The summed E-state index contributed by atoms with van der Waals surface area (Å²) in [4.78, 5) is 24.1. The number of amides is 2. The van der Waals surface area contributed by atoms with Crippen molar-refractivity contribution in [1.82, 2.24) is 5.32 Å². The van der Waals surface area contributed by atoms with E-state index in [-0.39, 0.29) is 19.1 Å². The summed E-state index contributed by atoms with van der Waals surface area (Å²) in [6.07, 6.45) is 5.12. The van der Waals surface area contributed by atoms with Crippen molar-refractivity contribution in [1.29, 1.82) is 0 Å². The van der Waals surface area contributed by atoms with E-state index in [0.717, 1.165) is 0 Å². The third-order valence-corrected chi connectivity index (χ3v) is 3.30.